The van der Waals surface area contributed by atoms with Crippen LogP contribution >= 0.6 is 0 Å². The molecule has 1 aliphatic heterocycles. The van der Waals surface area contributed by atoms with Crippen molar-refractivity contribution >= 4 is 0 Å². The number of hydrogen-bond acceptors (Lipinski definition) is 6. The lowest BCUT2D eigenvalue weighted by molar-refractivity contribution is -0.125. The van der Waals surface area contributed by atoms with Gasteiger partial charge in [-0.3, -0.25) is 14.3 Å². The van der Waals surface area contributed by atoms with Gasteiger partial charge in [0.1, 0.15) is 29.5 Å². The highest BCUT2D eigenvalue weighted by molar-refractivity contribution is 5.49. The van der Waals surface area contributed by atoms with E-state index in [1.54, 1.807) is 6.92 Å². The predicted molar refractivity (Wildman–Crippen MR) is 215 cm³/mol. The molecule has 4 atom stereocenters. The number of aryl methyl sites for hydroxylation is 1. The second kappa shape index (κ2) is 15.9. The molecule has 8 heteroatoms. The van der Waals surface area contributed by atoms with E-state index in [0.29, 0.717) is 5.56 Å². The number of aliphatic hydroxyl groups excluding tert-OH is 1. The number of rotatable bonds is 12. The summed E-state index contributed by atoms with van der Waals surface area (Å²) in [5.41, 5.74) is 1.83. The second-order valence-electron chi connectivity index (χ2n) is 14.0. The van der Waals surface area contributed by atoms with E-state index >= 15 is 0 Å². The lowest BCUT2D eigenvalue weighted by atomic mass is 9.79. The third-order valence-corrected chi connectivity index (χ3v) is 10.6. The number of H-pyrrole nitrogens is 1. The molecule has 0 unspecified atom stereocenters. The lowest BCUT2D eigenvalue weighted by Gasteiger charge is -2.40. The van der Waals surface area contributed by atoms with Crippen LogP contribution in [0.3, 0.4) is 0 Å². The molecule has 0 aliphatic carbocycles. The normalized spacial score (nSPS) is 18.5. The summed E-state index contributed by atoms with van der Waals surface area (Å²) >= 11 is 0. The fraction of sp³-hybridized carbons (Fsp3) is 0.167. The van der Waals surface area contributed by atoms with Crippen LogP contribution in [0.4, 0.5) is 0 Å². The fourth-order valence-electron chi connectivity index (χ4n) is 7.88. The summed E-state index contributed by atoms with van der Waals surface area (Å²) in [5, 5.41) is 12.6. The van der Waals surface area contributed by atoms with E-state index in [4.69, 9.17) is 14.2 Å². The van der Waals surface area contributed by atoms with E-state index < -0.39 is 47.0 Å². The Bertz CT molecular complexity index is 2270. The molecule has 0 saturated carbocycles. The Morgan fingerprint density at radius 1 is 0.589 bits per heavy atom. The molecule has 1 saturated heterocycles. The molecule has 2 heterocycles. The van der Waals surface area contributed by atoms with Gasteiger partial charge in [0.15, 0.2) is 6.23 Å². The van der Waals surface area contributed by atoms with Crippen LogP contribution in [-0.2, 0) is 25.4 Å². The van der Waals surface area contributed by atoms with Crippen molar-refractivity contribution < 1.29 is 19.3 Å². The number of benzene rings is 6. The molecule has 1 aliphatic rings. The molecule has 0 radical (unpaired) electrons. The van der Waals surface area contributed by atoms with Crippen molar-refractivity contribution in [3.8, 4) is 0 Å². The molecule has 56 heavy (non-hydrogen) atoms. The molecule has 6 aromatic carbocycles. The van der Waals surface area contributed by atoms with Crippen molar-refractivity contribution in [2.45, 2.75) is 42.7 Å². The van der Waals surface area contributed by atoms with Crippen molar-refractivity contribution in [2.75, 3.05) is 6.61 Å². The van der Waals surface area contributed by atoms with Crippen LogP contribution in [0.5, 0.6) is 0 Å². The average molecular weight is 743 g/mol. The fourth-order valence-corrected chi connectivity index (χ4v) is 7.88. The van der Waals surface area contributed by atoms with Gasteiger partial charge in [0.2, 0.25) is 0 Å². The summed E-state index contributed by atoms with van der Waals surface area (Å²) in [5.74, 6) is 0. The van der Waals surface area contributed by atoms with Crippen molar-refractivity contribution in [2.24, 2.45) is 0 Å². The molecule has 0 bridgehead atoms. The zero-order valence-electron chi connectivity index (χ0n) is 30.9. The Morgan fingerprint density at radius 3 is 1.32 bits per heavy atom. The number of nitrogens with zero attached hydrogens (tertiary/aromatic N) is 1. The maximum Gasteiger partial charge on any atom is 0.330 e. The molecule has 7 aromatic rings. The molecular weight excluding hydrogens is 701 g/mol. The van der Waals surface area contributed by atoms with Crippen molar-refractivity contribution in [3.05, 3.63) is 248 Å². The van der Waals surface area contributed by atoms with Gasteiger partial charge < -0.3 is 19.3 Å². The Balaban J connectivity index is 1.27. The molecule has 1 fully saturated rings. The summed E-state index contributed by atoms with van der Waals surface area (Å²) in [7, 11) is 0. The first-order valence-corrected chi connectivity index (χ1v) is 18.7. The number of hydrogen-bond donors (Lipinski definition) is 2. The third-order valence-electron chi connectivity index (χ3n) is 10.6. The summed E-state index contributed by atoms with van der Waals surface area (Å²) in [4.78, 5) is 28.7. The van der Waals surface area contributed by atoms with E-state index in [2.05, 4.69) is 4.98 Å². The van der Waals surface area contributed by atoms with Gasteiger partial charge in [-0.15, -0.1) is 0 Å². The van der Waals surface area contributed by atoms with Crippen LogP contribution in [0, 0.1) is 6.92 Å². The van der Waals surface area contributed by atoms with Crippen molar-refractivity contribution in [1.29, 1.82) is 0 Å². The maximum absolute atomic E-state index is 13.6. The first-order valence-electron chi connectivity index (χ1n) is 18.7. The number of ether oxygens (including phenoxy) is 3. The van der Waals surface area contributed by atoms with Gasteiger partial charge in [-0.2, -0.15) is 0 Å². The molecule has 0 spiro atoms. The highest BCUT2D eigenvalue weighted by Gasteiger charge is 2.52. The van der Waals surface area contributed by atoms with Gasteiger partial charge >= 0.3 is 5.69 Å². The van der Waals surface area contributed by atoms with Crippen LogP contribution in [0.25, 0.3) is 0 Å². The molecule has 8 nitrogen and oxygen atoms in total. The van der Waals surface area contributed by atoms with Crippen molar-refractivity contribution in [1.82, 2.24) is 9.55 Å². The highest BCUT2D eigenvalue weighted by Crippen LogP contribution is 2.46. The smallest absolute Gasteiger partial charge is 0.330 e. The van der Waals surface area contributed by atoms with Gasteiger partial charge in [-0.25, -0.2) is 4.79 Å². The SMILES string of the molecule is Cc1cn([C@@H]2O[C@H](COC(c3ccccc3)(c3ccccc3)c3ccccc3)[C@@H](O)[C@H]2OC(c2ccccc2)(c2ccccc2)c2ccccc2)c(=O)[nH]c1=O. The van der Waals surface area contributed by atoms with E-state index in [1.807, 2.05) is 182 Å². The Kier molecular flexibility index (Phi) is 10.4. The van der Waals surface area contributed by atoms with E-state index in [0.717, 1.165) is 33.4 Å². The second-order valence-corrected chi connectivity index (χ2v) is 14.0. The maximum atomic E-state index is 13.6. The minimum absolute atomic E-state index is 0.0949. The molecular formula is C48H42N2O6. The molecule has 8 rings (SSSR count). The van der Waals surface area contributed by atoms with Gasteiger partial charge in [0, 0.05) is 11.8 Å². The Morgan fingerprint density at radius 2 is 0.946 bits per heavy atom. The van der Waals surface area contributed by atoms with Gasteiger partial charge in [-0.05, 0) is 40.3 Å². The van der Waals surface area contributed by atoms with Gasteiger partial charge in [-0.1, -0.05) is 182 Å². The number of aromatic amines is 1. The van der Waals surface area contributed by atoms with E-state index in [1.165, 1.54) is 10.8 Å². The Labute approximate surface area is 325 Å². The number of nitrogens with one attached hydrogen (secondary N) is 1. The zero-order chi connectivity index (χ0) is 38.5. The molecule has 0 amide bonds. The van der Waals surface area contributed by atoms with Crippen LogP contribution in [0.1, 0.15) is 45.2 Å². The standard InChI is InChI=1S/C48H42N2O6/c1-34-32-50(46(53)49-44(34)52)45-43(56-48(38-26-14-5-15-27-38,39-28-16-6-17-29-39)40-30-18-7-19-31-40)42(51)41(55-45)33-54-47(35-20-8-2-9-21-35,36-22-10-3-11-23-36)37-24-12-4-13-25-37/h2-32,41-43,45,51H,33H2,1H3,(H,49,52,53)/t41-,42-,43-,45-/m1/s1. The summed E-state index contributed by atoms with van der Waals surface area (Å²) < 4.78 is 22.6. The van der Waals surface area contributed by atoms with Crippen LogP contribution < -0.4 is 11.2 Å². The van der Waals surface area contributed by atoms with Crippen LogP contribution in [-0.4, -0.2) is 39.6 Å². The zero-order valence-corrected chi connectivity index (χ0v) is 30.9. The molecule has 2 N–H and O–H groups in total. The largest absolute Gasteiger partial charge is 0.387 e. The Hall–Kier alpha value is -6.16. The van der Waals surface area contributed by atoms with Gasteiger partial charge in [0.25, 0.3) is 5.56 Å². The predicted octanol–water partition coefficient (Wildman–Crippen LogP) is 7.49. The first-order chi connectivity index (χ1) is 27.4. The highest BCUT2D eigenvalue weighted by atomic mass is 16.6. The first kappa shape index (κ1) is 36.8. The third kappa shape index (κ3) is 6.73. The molecule has 280 valence electrons. The van der Waals surface area contributed by atoms with Crippen LogP contribution in [0.15, 0.2) is 198 Å². The summed E-state index contributed by atoms with van der Waals surface area (Å²) in [6.07, 6.45) is -3.16. The van der Waals surface area contributed by atoms with E-state index in [-0.39, 0.29) is 6.61 Å². The van der Waals surface area contributed by atoms with Crippen LogP contribution in [0.2, 0.25) is 0 Å². The summed E-state index contributed by atoms with van der Waals surface area (Å²) in [6.45, 7) is 1.52. The monoisotopic (exact) mass is 742 g/mol. The van der Waals surface area contributed by atoms with Gasteiger partial charge in [0.05, 0.1) is 6.61 Å². The summed E-state index contributed by atoms with van der Waals surface area (Å²) in [6, 6.07) is 59.3. The lowest BCUT2D eigenvalue weighted by Crippen LogP contribution is -2.46. The minimum atomic E-state index is -1.31. The topological polar surface area (TPSA) is 103 Å². The number of aromatic nitrogens is 2. The van der Waals surface area contributed by atoms with E-state index in [9.17, 15) is 14.7 Å². The minimum Gasteiger partial charge on any atom is -0.387 e. The quantitative estimate of drug-likeness (QED) is 0.126. The van der Waals surface area contributed by atoms with Crippen molar-refractivity contribution in [3.63, 3.8) is 0 Å². The average Bonchev–Trinajstić information content (AvgIpc) is 3.56. The number of aliphatic hydroxyl groups is 1. The molecule has 1 aromatic heterocycles.